The van der Waals surface area contributed by atoms with E-state index in [0.29, 0.717) is 5.92 Å². The maximum atomic E-state index is 11.0. The Balaban J connectivity index is 2.15. The van der Waals surface area contributed by atoms with Crippen LogP contribution in [0, 0.1) is 11.3 Å². The Kier molecular flexibility index (Phi) is 7.70. The van der Waals surface area contributed by atoms with Crippen molar-refractivity contribution >= 4 is 0 Å². The average Bonchev–Trinajstić information content (AvgIpc) is 2.70. The van der Waals surface area contributed by atoms with Crippen LogP contribution in [0.2, 0.25) is 0 Å². The SMILES string of the molecule is CCC1(C2CCCCCCCC2)CCC(O)CCCCC1O. The van der Waals surface area contributed by atoms with E-state index in [0.717, 1.165) is 44.9 Å². The van der Waals surface area contributed by atoms with Crippen LogP contribution in [0.5, 0.6) is 0 Å². The highest BCUT2D eigenvalue weighted by molar-refractivity contribution is 4.93. The molecular weight excluding hydrogens is 272 g/mol. The molecule has 0 saturated heterocycles. The van der Waals surface area contributed by atoms with Gasteiger partial charge in [-0.3, -0.25) is 0 Å². The first-order valence-electron chi connectivity index (χ1n) is 10.0. The van der Waals surface area contributed by atoms with Gasteiger partial charge in [0.2, 0.25) is 0 Å². The summed E-state index contributed by atoms with van der Waals surface area (Å²) in [6.45, 7) is 2.28. The standard InChI is InChI=1S/C20H38O2/c1-2-20(17-11-7-5-3-4-6-8-12-17)16-15-18(21)13-9-10-14-19(20)22/h17-19,21-22H,2-16H2,1H3. The van der Waals surface area contributed by atoms with E-state index in [1.165, 1.54) is 51.4 Å². The predicted molar refractivity (Wildman–Crippen MR) is 92.9 cm³/mol. The van der Waals surface area contributed by atoms with Crippen molar-refractivity contribution < 1.29 is 10.2 Å². The molecule has 0 heterocycles. The Labute approximate surface area is 137 Å². The van der Waals surface area contributed by atoms with E-state index in [4.69, 9.17) is 0 Å². The van der Waals surface area contributed by atoms with Gasteiger partial charge in [0.25, 0.3) is 0 Å². The Hall–Kier alpha value is -0.0800. The number of aliphatic hydroxyl groups excluding tert-OH is 2. The molecule has 2 N–H and O–H groups in total. The van der Waals surface area contributed by atoms with Gasteiger partial charge in [-0.25, -0.2) is 0 Å². The lowest BCUT2D eigenvalue weighted by atomic mass is 9.62. The van der Waals surface area contributed by atoms with Crippen LogP contribution >= 0.6 is 0 Å². The van der Waals surface area contributed by atoms with E-state index in [1.54, 1.807) is 0 Å². The maximum absolute atomic E-state index is 11.0. The van der Waals surface area contributed by atoms with Gasteiger partial charge >= 0.3 is 0 Å². The summed E-state index contributed by atoms with van der Waals surface area (Å²) in [5.74, 6) is 0.663. The lowest BCUT2D eigenvalue weighted by Gasteiger charge is -2.45. The van der Waals surface area contributed by atoms with Crippen molar-refractivity contribution in [2.24, 2.45) is 11.3 Å². The van der Waals surface area contributed by atoms with Crippen LogP contribution in [0.3, 0.4) is 0 Å². The molecule has 0 aromatic heterocycles. The second-order valence-electron chi connectivity index (χ2n) is 7.98. The minimum atomic E-state index is -0.159. The quantitative estimate of drug-likeness (QED) is 0.735. The van der Waals surface area contributed by atoms with E-state index < -0.39 is 0 Å². The van der Waals surface area contributed by atoms with Gasteiger partial charge < -0.3 is 10.2 Å². The third-order valence-electron chi connectivity index (χ3n) is 6.70. The van der Waals surface area contributed by atoms with Gasteiger partial charge in [0, 0.05) is 0 Å². The molecule has 0 bridgehead atoms. The molecule has 0 aliphatic heterocycles. The highest BCUT2D eigenvalue weighted by Gasteiger charge is 2.42. The first kappa shape index (κ1) is 18.3. The van der Waals surface area contributed by atoms with E-state index >= 15 is 0 Å². The number of aliphatic hydroxyl groups is 2. The zero-order valence-corrected chi connectivity index (χ0v) is 14.7. The summed E-state index contributed by atoms with van der Waals surface area (Å²) in [4.78, 5) is 0. The molecule has 2 aliphatic rings. The molecule has 0 aromatic rings. The fourth-order valence-corrected chi connectivity index (χ4v) is 5.14. The Bertz CT molecular complexity index is 294. The van der Waals surface area contributed by atoms with Crippen LogP contribution in [0.4, 0.5) is 0 Å². The summed E-state index contributed by atoms with van der Waals surface area (Å²) in [7, 11) is 0. The van der Waals surface area contributed by atoms with E-state index in [-0.39, 0.29) is 17.6 Å². The number of rotatable bonds is 2. The second kappa shape index (κ2) is 9.27. The van der Waals surface area contributed by atoms with Crippen LogP contribution in [0.25, 0.3) is 0 Å². The summed E-state index contributed by atoms with van der Waals surface area (Å²) >= 11 is 0. The van der Waals surface area contributed by atoms with Crippen LogP contribution in [0.15, 0.2) is 0 Å². The van der Waals surface area contributed by atoms with Crippen molar-refractivity contribution in [3.63, 3.8) is 0 Å². The fraction of sp³-hybridized carbons (Fsp3) is 1.00. The van der Waals surface area contributed by atoms with Gasteiger partial charge in [0.15, 0.2) is 0 Å². The third kappa shape index (κ3) is 4.71. The molecule has 3 unspecified atom stereocenters. The van der Waals surface area contributed by atoms with Gasteiger partial charge in [-0.1, -0.05) is 58.3 Å². The number of hydrogen-bond acceptors (Lipinski definition) is 2. The van der Waals surface area contributed by atoms with Crippen LogP contribution in [0.1, 0.15) is 103 Å². The molecule has 2 rings (SSSR count). The Morgan fingerprint density at radius 1 is 0.727 bits per heavy atom. The van der Waals surface area contributed by atoms with Crippen molar-refractivity contribution in [1.82, 2.24) is 0 Å². The van der Waals surface area contributed by atoms with Crippen LogP contribution in [-0.2, 0) is 0 Å². The minimum absolute atomic E-state index is 0.0651. The molecule has 0 aromatic carbocycles. The van der Waals surface area contributed by atoms with Crippen molar-refractivity contribution in [3.05, 3.63) is 0 Å². The third-order valence-corrected chi connectivity index (χ3v) is 6.70. The number of hydrogen-bond donors (Lipinski definition) is 2. The highest BCUT2D eigenvalue weighted by Crippen LogP contribution is 2.48. The normalized spacial score (nSPS) is 37.2. The Morgan fingerprint density at radius 2 is 1.27 bits per heavy atom. The molecule has 2 saturated carbocycles. The van der Waals surface area contributed by atoms with E-state index in [2.05, 4.69) is 6.92 Å². The summed E-state index contributed by atoms with van der Waals surface area (Å²) in [5, 5.41) is 21.3. The van der Waals surface area contributed by atoms with Gasteiger partial charge in [-0.2, -0.15) is 0 Å². The zero-order chi connectivity index (χ0) is 15.8. The van der Waals surface area contributed by atoms with Crippen molar-refractivity contribution in [1.29, 1.82) is 0 Å². The summed E-state index contributed by atoms with van der Waals surface area (Å²) < 4.78 is 0. The first-order valence-corrected chi connectivity index (χ1v) is 10.0. The summed E-state index contributed by atoms with van der Waals surface area (Å²) in [5.41, 5.74) is 0.0651. The van der Waals surface area contributed by atoms with Gasteiger partial charge in [-0.05, 0) is 56.3 Å². The largest absolute Gasteiger partial charge is 0.393 e. The topological polar surface area (TPSA) is 40.5 Å². The van der Waals surface area contributed by atoms with Gasteiger partial charge in [-0.15, -0.1) is 0 Å². The van der Waals surface area contributed by atoms with Gasteiger partial charge in [0.05, 0.1) is 12.2 Å². The lowest BCUT2D eigenvalue weighted by molar-refractivity contribution is -0.0478. The zero-order valence-electron chi connectivity index (χ0n) is 14.7. The molecule has 0 amide bonds. The highest BCUT2D eigenvalue weighted by atomic mass is 16.3. The smallest absolute Gasteiger partial charge is 0.0599 e. The van der Waals surface area contributed by atoms with Crippen molar-refractivity contribution in [3.8, 4) is 0 Å². The molecule has 22 heavy (non-hydrogen) atoms. The monoisotopic (exact) mass is 310 g/mol. The fourth-order valence-electron chi connectivity index (χ4n) is 5.14. The molecular formula is C20H38O2. The molecule has 3 atom stereocenters. The molecule has 130 valence electrons. The summed E-state index contributed by atoms with van der Waals surface area (Å²) in [6.07, 6.45) is 17.5. The predicted octanol–water partition coefficient (Wildman–Crippen LogP) is 5.21. The molecule has 2 nitrogen and oxygen atoms in total. The molecule has 0 spiro atoms. The Morgan fingerprint density at radius 3 is 1.91 bits per heavy atom. The van der Waals surface area contributed by atoms with Crippen LogP contribution in [-0.4, -0.2) is 22.4 Å². The van der Waals surface area contributed by atoms with E-state index in [1.807, 2.05) is 0 Å². The van der Waals surface area contributed by atoms with E-state index in [9.17, 15) is 10.2 Å². The molecule has 2 aliphatic carbocycles. The van der Waals surface area contributed by atoms with Crippen molar-refractivity contribution in [2.45, 2.75) is 115 Å². The average molecular weight is 311 g/mol. The maximum Gasteiger partial charge on any atom is 0.0599 e. The summed E-state index contributed by atoms with van der Waals surface area (Å²) in [6, 6.07) is 0. The van der Waals surface area contributed by atoms with Crippen molar-refractivity contribution in [2.75, 3.05) is 0 Å². The minimum Gasteiger partial charge on any atom is -0.393 e. The van der Waals surface area contributed by atoms with Gasteiger partial charge in [0.1, 0.15) is 0 Å². The molecule has 2 fully saturated rings. The molecule has 2 heteroatoms. The first-order chi connectivity index (χ1) is 10.7. The van der Waals surface area contributed by atoms with Crippen LogP contribution < -0.4 is 0 Å². The molecule has 0 radical (unpaired) electrons. The second-order valence-corrected chi connectivity index (χ2v) is 7.98. The lowest BCUT2D eigenvalue weighted by Crippen LogP contribution is -2.42.